The smallest absolute Gasteiger partial charge is 0.137 e. The molecule has 1 aromatic carbocycles. The lowest BCUT2D eigenvalue weighted by Gasteiger charge is -2.04. The molecule has 0 N–H and O–H groups in total. The van der Waals surface area contributed by atoms with Crippen molar-refractivity contribution in [3.8, 4) is 11.8 Å². The Morgan fingerprint density at radius 2 is 2.17 bits per heavy atom. The molecule has 0 aliphatic carbocycles. The standard InChI is InChI=1S/C10H10NO/c1-2-7-12-10-6-4-3-5-9(10)8-11/h3-6H,1-2,7H2. The molecule has 0 saturated carbocycles. The maximum Gasteiger partial charge on any atom is 0.137 e. The number of para-hydroxylation sites is 1. The third-order valence-electron chi connectivity index (χ3n) is 1.41. The summed E-state index contributed by atoms with van der Waals surface area (Å²) in [5.74, 6) is 0.642. The molecule has 0 unspecified atom stereocenters. The van der Waals surface area contributed by atoms with E-state index in [9.17, 15) is 0 Å². The van der Waals surface area contributed by atoms with Crippen LogP contribution in [-0.4, -0.2) is 6.61 Å². The van der Waals surface area contributed by atoms with Crippen molar-refractivity contribution >= 4 is 0 Å². The van der Waals surface area contributed by atoms with Crippen LogP contribution in [0.3, 0.4) is 0 Å². The number of hydrogen-bond donors (Lipinski definition) is 0. The summed E-state index contributed by atoms with van der Waals surface area (Å²) in [6.07, 6.45) is 0.708. The largest absolute Gasteiger partial charge is 0.492 e. The van der Waals surface area contributed by atoms with E-state index in [4.69, 9.17) is 10.00 Å². The fourth-order valence-corrected chi connectivity index (χ4v) is 0.867. The van der Waals surface area contributed by atoms with Gasteiger partial charge in [-0.15, -0.1) is 0 Å². The molecule has 0 bridgehead atoms. The number of rotatable bonds is 3. The lowest BCUT2D eigenvalue weighted by atomic mass is 10.2. The summed E-state index contributed by atoms with van der Waals surface area (Å²) in [5, 5.41) is 8.67. The Morgan fingerprint density at radius 1 is 1.42 bits per heavy atom. The summed E-state index contributed by atoms with van der Waals surface area (Å²) in [6, 6.07) is 9.24. The molecule has 0 saturated heterocycles. The lowest BCUT2D eigenvalue weighted by molar-refractivity contribution is 0.323. The molecule has 0 amide bonds. The van der Waals surface area contributed by atoms with Gasteiger partial charge in [0.1, 0.15) is 11.8 Å². The molecule has 1 rings (SSSR count). The van der Waals surface area contributed by atoms with Gasteiger partial charge in [0.25, 0.3) is 0 Å². The Balaban J connectivity index is 2.77. The lowest BCUT2D eigenvalue weighted by Crippen LogP contribution is -1.96. The van der Waals surface area contributed by atoms with Gasteiger partial charge in [-0.1, -0.05) is 12.1 Å². The average molecular weight is 160 g/mol. The van der Waals surface area contributed by atoms with E-state index in [1.54, 1.807) is 12.1 Å². The first kappa shape index (κ1) is 8.61. The minimum Gasteiger partial charge on any atom is -0.492 e. The van der Waals surface area contributed by atoms with Gasteiger partial charge < -0.3 is 4.74 Å². The van der Waals surface area contributed by atoms with Crippen LogP contribution in [0.1, 0.15) is 12.0 Å². The van der Waals surface area contributed by atoms with Crippen molar-refractivity contribution in [1.29, 1.82) is 5.26 Å². The molecule has 0 aliphatic heterocycles. The molecular weight excluding hydrogens is 150 g/mol. The van der Waals surface area contributed by atoms with Crippen molar-refractivity contribution in [1.82, 2.24) is 0 Å². The number of nitriles is 1. The van der Waals surface area contributed by atoms with Crippen LogP contribution in [-0.2, 0) is 0 Å². The zero-order valence-electron chi connectivity index (χ0n) is 6.79. The van der Waals surface area contributed by atoms with E-state index in [0.717, 1.165) is 0 Å². The molecule has 1 aromatic rings. The second kappa shape index (κ2) is 4.40. The monoisotopic (exact) mass is 160 g/mol. The highest BCUT2D eigenvalue weighted by Gasteiger charge is 1.99. The van der Waals surface area contributed by atoms with Gasteiger partial charge in [0.05, 0.1) is 12.2 Å². The molecule has 2 heteroatoms. The van der Waals surface area contributed by atoms with Crippen molar-refractivity contribution < 1.29 is 4.74 Å². The van der Waals surface area contributed by atoms with Gasteiger partial charge in [0.15, 0.2) is 0 Å². The van der Waals surface area contributed by atoms with Crippen LogP contribution in [0.4, 0.5) is 0 Å². The SMILES string of the molecule is [CH2]CCOc1ccccc1C#N. The number of nitrogens with zero attached hydrogens (tertiary/aromatic N) is 1. The van der Waals surface area contributed by atoms with Crippen LogP contribution in [0.15, 0.2) is 24.3 Å². The number of benzene rings is 1. The Kier molecular flexibility index (Phi) is 3.16. The molecule has 0 aliphatic rings. The van der Waals surface area contributed by atoms with Crippen molar-refractivity contribution in [3.05, 3.63) is 36.8 Å². The van der Waals surface area contributed by atoms with Gasteiger partial charge in [-0.3, -0.25) is 0 Å². The molecule has 0 heterocycles. The first-order valence-corrected chi connectivity index (χ1v) is 3.79. The maximum absolute atomic E-state index is 8.67. The van der Waals surface area contributed by atoms with Crippen LogP contribution in [0.5, 0.6) is 5.75 Å². The highest BCUT2D eigenvalue weighted by molar-refractivity contribution is 5.42. The van der Waals surface area contributed by atoms with E-state index in [2.05, 4.69) is 13.0 Å². The van der Waals surface area contributed by atoms with Crippen molar-refractivity contribution in [2.24, 2.45) is 0 Å². The predicted molar refractivity (Wildman–Crippen MR) is 46.6 cm³/mol. The minimum atomic E-state index is 0.554. The molecule has 2 nitrogen and oxygen atoms in total. The van der Waals surface area contributed by atoms with E-state index in [1.165, 1.54) is 0 Å². The Morgan fingerprint density at radius 3 is 2.83 bits per heavy atom. The van der Waals surface area contributed by atoms with Gasteiger partial charge in [0.2, 0.25) is 0 Å². The fraction of sp³-hybridized carbons (Fsp3) is 0.200. The molecule has 1 radical (unpaired) electrons. The molecular formula is C10H10NO. The van der Waals surface area contributed by atoms with E-state index >= 15 is 0 Å². The van der Waals surface area contributed by atoms with Crippen LogP contribution in [0.25, 0.3) is 0 Å². The summed E-state index contributed by atoms with van der Waals surface area (Å²) in [7, 11) is 0. The van der Waals surface area contributed by atoms with Crippen LogP contribution >= 0.6 is 0 Å². The summed E-state index contributed by atoms with van der Waals surface area (Å²) in [6.45, 7) is 4.20. The molecule has 61 valence electrons. The van der Waals surface area contributed by atoms with Gasteiger partial charge >= 0.3 is 0 Å². The summed E-state index contributed by atoms with van der Waals surface area (Å²) >= 11 is 0. The van der Waals surface area contributed by atoms with E-state index < -0.39 is 0 Å². The maximum atomic E-state index is 8.67. The van der Waals surface area contributed by atoms with Crippen LogP contribution in [0.2, 0.25) is 0 Å². The fourth-order valence-electron chi connectivity index (χ4n) is 0.867. The second-order valence-corrected chi connectivity index (χ2v) is 2.31. The highest BCUT2D eigenvalue weighted by atomic mass is 16.5. The van der Waals surface area contributed by atoms with Crippen LogP contribution < -0.4 is 4.74 Å². The molecule has 0 atom stereocenters. The van der Waals surface area contributed by atoms with E-state index in [-0.39, 0.29) is 0 Å². The quantitative estimate of drug-likeness (QED) is 0.678. The molecule has 12 heavy (non-hydrogen) atoms. The van der Waals surface area contributed by atoms with E-state index in [0.29, 0.717) is 24.3 Å². The van der Waals surface area contributed by atoms with E-state index in [1.807, 2.05) is 12.1 Å². The third-order valence-corrected chi connectivity index (χ3v) is 1.41. The Bertz CT molecular complexity index is 288. The van der Waals surface area contributed by atoms with Gasteiger partial charge in [-0.25, -0.2) is 0 Å². The van der Waals surface area contributed by atoms with Gasteiger partial charge in [-0.05, 0) is 25.5 Å². The van der Waals surface area contributed by atoms with Crippen LogP contribution in [0, 0.1) is 18.3 Å². The summed E-state index contributed by atoms with van der Waals surface area (Å²) in [4.78, 5) is 0. The Hall–Kier alpha value is -1.49. The molecule has 0 spiro atoms. The normalized spacial score (nSPS) is 9.00. The minimum absolute atomic E-state index is 0.554. The average Bonchev–Trinajstić information content (AvgIpc) is 2.15. The van der Waals surface area contributed by atoms with Crippen molar-refractivity contribution in [2.45, 2.75) is 6.42 Å². The molecule has 0 fully saturated rings. The first-order chi connectivity index (χ1) is 5.88. The van der Waals surface area contributed by atoms with Crippen molar-refractivity contribution in [2.75, 3.05) is 6.61 Å². The zero-order chi connectivity index (χ0) is 8.81. The van der Waals surface area contributed by atoms with Crippen molar-refractivity contribution in [3.63, 3.8) is 0 Å². The number of ether oxygens (including phenoxy) is 1. The zero-order valence-corrected chi connectivity index (χ0v) is 6.79. The topological polar surface area (TPSA) is 33.0 Å². The summed E-state index contributed by atoms with van der Waals surface area (Å²) < 4.78 is 5.29. The van der Waals surface area contributed by atoms with Gasteiger partial charge in [0, 0.05) is 0 Å². The molecule has 0 aromatic heterocycles. The number of hydrogen-bond acceptors (Lipinski definition) is 2. The second-order valence-electron chi connectivity index (χ2n) is 2.31. The highest BCUT2D eigenvalue weighted by Crippen LogP contribution is 2.16. The third kappa shape index (κ3) is 2.00. The van der Waals surface area contributed by atoms with Gasteiger partial charge in [-0.2, -0.15) is 5.26 Å². The predicted octanol–water partition coefficient (Wildman–Crippen LogP) is 2.16. The first-order valence-electron chi connectivity index (χ1n) is 3.79. The Labute approximate surface area is 72.4 Å². The summed E-state index contributed by atoms with van der Waals surface area (Å²) in [5.41, 5.74) is 0.575.